The highest BCUT2D eigenvalue weighted by Crippen LogP contribution is 2.26. The van der Waals surface area contributed by atoms with E-state index in [-0.39, 0.29) is 0 Å². The second kappa shape index (κ2) is 7.31. The third kappa shape index (κ3) is 6.45. The lowest BCUT2D eigenvalue weighted by molar-refractivity contribution is 0.288. The smallest absolute Gasteiger partial charge is 0.0414 e. The summed E-state index contributed by atoms with van der Waals surface area (Å²) < 4.78 is 0. The highest BCUT2D eigenvalue weighted by atomic mass is 14.2. The largest absolute Gasteiger partial charge is 0.0651 e. The predicted molar refractivity (Wildman–Crippen MR) is 66.5 cm³/mol. The molecule has 0 aromatic carbocycles. The molecule has 0 nitrogen and oxygen atoms in total. The van der Waals surface area contributed by atoms with Crippen molar-refractivity contribution in [2.24, 2.45) is 23.7 Å². The van der Waals surface area contributed by atoms with Gasteiger partial charge >= 0.3 is 0 Å². The van der Waals surface area contributed by atoms with Crippen molar-refractivity contribution in [2.45, 2.75) is 67.2 Å². The molecular weight excluding hydrogens is 168 g/mol. The van der Waals surface area contributed by atoms with Crippen LogP contribution in [0, 0.1) is 23.7 Å². The first-order valence-corrected chi connectivity index (χ1v) is 6.47. The first kappa shape index (κ1) is 14.0. The van der Waals surface area contributed by atoms with E-state index >= 15 is 0 Å². The Kier molecular flexibility index (Phi) is 7.31. The predicted octanol–water partition coefficient (Wildman–Crippen LogP) is 5.13. The summed E-state index contributed by atoms with van der Waals surface area (Å²) in [6, 6.07) is 0. The highest BCUT2D eigenvalue weighted by Gasteiger charge is 2.14. The minimum absolute atomic E-state index is 0.850. The van der Waals surface area contributed by atoms with Crippen LogP contribution in [0.15, 0.2) is 0 Å². The molecule has 0 aliphatic rings. The molecule has 0 bridgehead atoms. The molecule has 2 unspecified atom stereocenters. The molecular formula is C14H30. The van der Waals surface area contributed by atoms with E-state index in [1.807, 2.05) is 0 Å². The topological polar surface area (TPSA) is 0 Å². The molecule has 2 atom stereocenters. The summed E-state index contributed by atoms with van der Waals surface area (Å²) in [5, 5.41) is 0. The van der Waals surface area contributed by atoms with Crippen LogP contribution in [-0.4, -0.2) is 0 Å². The molecule has 0 saturated heterocycles. The zero-order valence-electron chi connectivity index (χ0n) is 11.1. The maximum Gasteiger partial charge on any atom is -0.0414 e. The summed E-state index contributed by atoms with van der Waals surface area (Å²) in [6.45, 7) is 14.1. The van der Waals surface area contributed by atoms with E-state index in [0.717, 1.165) is 23.7 Å². The van der Waals surface area contributed by atoms with Gasteiger partial charge in [0.05, 0.1) is 0 Å². The van der Waals surface area contributed by atoms with Gasteiger partial charge in [0.2, 0.25) is 0 Å². The molecule has 0 heterocycles. The zero-order chi connectivity index (χ0) is 11.1. The molecule has 0 heteroatoms. The summed E-state index contributed by atoms with van der Waals surface area (Å²) in [7, 11) is 0. The molecule has 0 spiro atoms. The van der Waals surface area contributed by atoms with Crippen molar-refractivity contribution >= 4 is 0 Å². The molecule has 86 valence electrons. The fourth-order valence-electron chi connectivity index (χ4n) is 1.86. The maximum atomic E-state index is 2.41. The third-order valence-corrected chi connectivity index (χ3v) is 3.57. The second-order valence-corrected chi connectivity index (χ2v) is 5.70. The molecule has 14 heavy (non-hydrogen) atoms. The highest BCUT2D eigenvalue weighted by molar-refractivity contribution is 4.65. The van der Waals surface area contributed by atoms with E-state index in [4.69, 9.17) is 0 Å². The third-order valence-electron chi connectivity index (χ3n) is 3.57. The van der Waals surface area contributed by atoms with Gasteiger partial charge in [0.15, 0.2) is 0 Å². The van der Waals surface area contributed by atoms with E-state index in [9.17, 15) is 0 Å². The Morgan fingerprint density at radius 1 is 0.857 bits per heavy atom. The van der Waals surface area contributed by atoms with Crippen LogP contribution in [0.25, 0.3) is 0 Å². The van der Waals surface area contributed by atoms with Crippen LogP contribution in [-0.2, 0) is 0 Å². The average molecular weight is 198 g/mol. The lowest BCUT2D eigenvalue weighted by atomic mass is 9.83. The summed E-state index contributed by atoms with van der Waals surface area (Å²) in [4.78, 5) is 0. The first-order valence-electron chi connectivity index (χ1n) is 6.47. The summed E-state index contributed by atoms with van der Waals surface area (Å²) in [6.07, 6.45) is 5.64. The van der Waals surface area contributed by atoms with E-state index in [0.29, 0.717) is 0 Å². The van der Waals surface area contributed by atoms with E-state index in [1.165, 1.54) is 25.7 Å². The molecule has 0 amide bonds. The van der Waals surface area contributed by atoms with Gasteiger partial charge in [-0.1, -0.05) is 60.8 Å². The van der Waals surface area contributed by atoms with Gasteiger partial charge < -0.3 is 0 Å². The first-order chi connectivity index (χ1) is 6.47. The Morgan fingerprint density at radius 2 is 1.43 bits per heavy atom. The number of hydrogen-bond donors (Lipinski definition) is 0. The van der Waals surface area contributed by atoms with Crippen molar-refractivity contribution in [3.05, 3.63) is 0 Å². The second-order valence-electron chi connectivity index (χ2n) is 5.70. The number of hydrogen-bond acceptors (Lipinski definition) is 0. The van der Waals surface area contributed by atoms with Gasteiger partial charge in [-0.15, -0.1) is 0 Å². The van der Waals surface area contributed by atoms with Gasteiger partial charge in [0, 0.05) is 0 Å². The summed E-state index contributed by atoms with van der Waals surface area (Å²) in [5.74, 6) is 3.59. The molecule has 0 radical (unpaired) electrons. The Labute approximate surface area is 91.5 Å². The molecule has 0 N–H and O–H groups in total. The van der Waals surface area contributed by atoms with Crippen LogP contribution < -0.4 is 0 Å². The van der Waals surface area contributed by atoms with Crippen LogP contribution in [0.3, 0.4) is 0 Å². The van der Waals surface area contributed by atoms with Gasteiger partial charge in [0.1, 0.15) is 0 Å². The maximum absolute atomic E-state index is 2.41. The van der Waals surface area contributed by atoms with Crippen LogP contribution >= 0.6 is 0 Å². The Balaban J connectivity index is 3.78. The van der Waals surface area contributed by atoms with Gasteiger partial charge in [0.25, 0.3) is 0 Å². The Morgan fingerprint density at radius 3 is 1.79 bits per heavy atom. The van der Waals surface area contributed by atoms with E-state index in [2.05, 4.69) is 41.5 Å². The van der Waals surface area contributed by atoms with Crippen LogP contribution in [0.5, 0.6) is 0 Å². The minimum Gasteiger partial charge on any atom is -0.0651 e. The number of rotatable bonds is 7. The molecule has 0 aromatic rings. The minimum atomic E-state index is 0.850. The molecule has 0 fully saturated rings. The van der Waals surface area contributed by atoms with Crippen molar-refractivity contribution in [2.75, 3.05) is 0 Å². The standard InChI is InChI=1S/C14H30/c1-7-14(9-8-11(2)3)10-13(6)12(4)5/h11-14H,7-10H2,1-6H3. The zero-order valence-corrected chi connectivity index (χ0v) is 11.1. The van der Waals surface area contributed by atoms with Crippen LogP contribution in [0.1, 0.15) is 67.2 Å². The molecule has 0 aliphatic heterocycles. The quantitative estimate of drug-likeness (QED) is 0.532. The van der Waals surface area contributed by atoms with Crippen LogP contribution in [0.4, 0.5) is 0 Å². The Bertz CT molecular complexity index is 124. The molecule has 0 rings (SSSR count). The lowest BCUT2D eigenvalue weighted by Gasteiger charge is -2.22. The summed E-state index contributed by atoms with van der Waals surface area (Å²) in [5.41, 5.74) is 0. The van der Waals surface area contributed by atoms with E-state index < -0.39 is 0 Å². The SMILES string of the molecule is CCC(CCC(C)C)CC(C)C(C)C. The van der Waals surface area contributed by atoms with E-state index in [1.54, 1.807) is 0 Å². The molecule has 0 aromatic heterocycles. The molecule has 0 saturated carbocycles. The fourth-order valence-corrected chi connectivity index (χ4v) is 1.86. The van der Waals surface area contributed by atoms with Crippen molar-refractivity contribution < 1.29 is 0 Å². The van der Waals surface area contributed by atoms with Crippen molar-refractivity contribution in [3.8, 4) is 0 Å². The Hall–Kier alpha value is 0. The van der Waals surface area contributed by atoms with Gasteiger partial charge in [-0.3, -0.25) is 0 Å². The van der Waals surface area contributed by atoms with Crippen molar-refractivity contribution in [3.63, 3.8) is 0 Å². The average Bonchev–Trinajstić information content (AvgIpc) is 2.11. The fraction of sp³-hybridized carbons (Fsp3) is 1.00. The van der Waals surface area contributed by atoms with Crippen LogP contribution in [0.2, 0.25) is 0 Å². The van der Waals surface area contributed by atoms with Gasteiger partial charge in [-0.2, -0.15) is 0 Å². The van der Waals surface area contributed by atoms with Gasteiger partial charge in [-0.25, -0.2) is 0 Å². The molecule has 0 aliphatic carbocycles. The monoisotopic (exact) mass is 198 g/mol. The van der Waals surface area contributed by atoms with Gasteiger partial charge in [-0.05, 0) is 30.1 Å². The lowest BCUT2D eigenvalue weighted by Crippen LogP contribution is -2.11. The normalized spacial score (nSPS) is 16.3. The van der Waals surface area contributed by atoms with Crippen molar-refractivity contribution in [1.82, 2.24) is 0 Å². The summed E-state index contributed by atoms with van der Waals surface area (Å²) >= 11 is 0. The van der Waals surface area contributed by atoms with Crippen molar-refractivity contribution in [1.29, 1.82) is 0 Å².